The number of nitrogens with zero attached hydrogens (tertiary/aromatic N) is 3. The number of H-pyrrole nitrogens is 1. The maximum atomic E-state index is 12.6. The van der Waals surface area contributed by atoms with E-state index in [2.05, 4.69) is 15.3 Å². The van der Waals surface area contributed by atoms with Crippen molar-refractivity contribution in [3.05, 3.63) is 79.8 Å². The lowest BCUT2D eigenvalue weighted by molar-refractivity contribution is 0.852. The highest BCUT2D eigenvalue weighted by molar-refractivity contribution is 8.14. The van der Waals surface area contributed by atoms with Crippen LogP contribution in [0.15, 0.2) is 68.3 Å². The SMILES string of the molecule is O=c1[nH]n(C2=NN=C(c3ccc(Cl)cc3)CS2)c(=O)c2ccccc12. The van der Waals surface area contributed by atoms with Gasteiger partial charge in [0.25, 0.3) is 11.1 Å². The van der Waals surface area contributed by atoms with Crippen molar-refractivity contribution in [2.24, 2.45) is 10.2 Å². The fourth-order valence-electron chi connectivity index (χ4n) is 2.52. The molecule has 1 aromatic heterocycles. The number of aromatic nitrogens is 2. The highest BCUT2D eigenvalue weighted by Crippen LogP contribution is 2.18. The quantitative estimate of drug-likeness (QED) is 0.715. The van der Waals surface area contributed by atoms with Crippen LogP contribution in [-0.2, 0) is 0 Å². The molecule has 0 saturated carbocycles. The van der Waals surface area contributed by atoms with E-state index in [0.717, 1.165) is 16.0 Å². The fraction of sp³-hybridized carbons (Fsp3) is 0.0588. The second kappa shape index (κ2) is 6.34. The molecule has 0 radical (unpaired) electrons. The highest BCUT2D eigenvalue weighted by Gasteiger charge is 2.17. The lowest BCUT2D eigenvalue weighted by Gasteiger charge is -2.13. The Morgan fingerprint density at radius 3 is 2.40 bits per heavy atom. The minimum absolute atomic E-state index is 0.327. The summed E-state index contributed by atoms with van der Waals surface area (Å²) in [6, 6.07) is 14.0. The molecule has 25 heavy (non-hydrogen) atoms. The summed E-state index contributed by atoms with van der Waals surface area (Å²) in [5.41, 5.74) is 1.03. The van der Waals surface area contributed by atoms with E-state index < -0.39 is 0 Å². The molecule has 0 unspecified atom stereocenters. The third-order valence-electron chi connectivity index (χ3n) is 3.78. The lowest BCUT2D eigenvalue weighted by atomic mass is 10.1. The number of rotatable bonds is 1. The van der Waals surface area contributed by atoms with Crippen molar-refractivity contribution in [3.8, 4) is 0 Å². The van der Waals surface area contributed by atoms with Crippen molar-refractivity contribution in [2.75, 3.05) is 5.75 Å². The van der Waals surface area contributed by atoms with Crippen molar-refractivity contribution in [1.29, 1.82) is 0 Å². The predicted octanol–water partition coefficient (Wildman–Crippen LogP) is 2.70. The van der Waals surface area contributed by atoms with Crippen molar-refractivity contribution < 1.29 is 0 Å². The van der Waals surface area contributed by atoms with Gasteiger partial charge in [0.15, 0.2) is 0 Å². The minimum Gasteiger partial charge on any atom is -0.267 e. The van der Waals surface area contributed by atoms with Gasteiger partial charge in [0.2, 0.25) is 5.17 Å². The van der Waals surface area contributed by atoms with Crippen molar-refractivity contribution in [1.82, 2.24) is 9.78 Å². The third-order valence-corrected chi connectivity index (χ3v) is 4.97. The van der Waals surface area contributed by atoms with Gasteiger partial charge in [0.05, 0.1) is 16.5 Å². The molecular formula is C17H11ClN4O2S. The Labute approximate surface area is 150 Å². The first-order chi connectivity index (χ1) is 12.1. The number of hydrogen-bond donors (Lipinski definition) is 1. The third kappa shape index (κ3) is 2.92. The summed E-state index contributed by atoms with van der Waals surface area (Å²) in [5, 5.41) is 12.6. The van der Waals surface area contributed by atoms with E-state index in [1.54, 1.807) is 36.4 Å². The predicted molar refractivity (Wildman–Crippen MR) is 102 cm³/mol. The summed E-state index contributed by atoms with van der Waals surface area (Å²) in [6.07, 6.45) is 0. The van der Waals surface area contributed by atoms with E-state index in [9.17, 15) is 9.59 Å². The first kappa shape index (κ1) is 15.9. The Morgan fingerprint density at radius 2 is 1.72 bits per heavy atom. The van der Waals surface area contributed by atoms with Crippen LogP contribution in [-0.4, -0.2) is 26.4 Å². The first-order valence-electron chi connectivity index (χ1n) is 7.41. The van der Waals surface area contributed by atoms with Crippen molar-refractivity contribution >= 4 is 45.0 Å². The monoisotopic (exact) mass is 370 g/mol. The Balaban J connectivity index is 1.78. The van der Waals surface area contributed by atoms with Crippen molar-refractivity contribution in [3.63, 3.8) is 0 Å². The van der Waals surface area contributed by atoms with Gasteiger partial charge in [-0.15, -0.1) is 5.10 Å². The molecule has 0 spiro atoms. The van der Waals surface area contributed by atoms with Crippen molar-refractivity contribution in [2.45, 2.75) is 0 Å². The Morgan fingerprint density at radius 1 is 1.00 bits per heavy atom. The summed E-state index contributed by atoms with van der Waals surface area (Å²) < 4.78 is 1.15. The van der Waals surface area contributed by atoms with Gasteiger partial charge in [0, 0.05) is 10.8 Å². The molecule has 8 heteroatoms. The standard InChI is InChI=1S/C17H11ClN4O2S/c18-11-7-5-10(6-8-11)14-9-25-17(20-19-14)22-16(24)13-4-2-1-3-12(13)15(23)21-22/h1-8H,9H2,(H,21,23). The molecule has 2 heterocycles. The van der Waals surface area contributed by atoms with E-state index in [1.807, 2.05) is 12.1 Å². The number of aromatic amines is 1. The minimum atomic E-state index is -0.342. The molecule has 1 aliphatic rings. The van der Waals surface area contributed by atoms with Gasteiger partial charge in [-0.1, -0.05) is 47.6 Å². The van der Waals surface area contributed by atoms with E-state index >= 15 is 0 Å². The van der Waals surface area contributed by atoms with E-state index in [4.69, 9.17) is 11.6 Å². The van der Waals surface area contributed by atoms with Crippen LogP contribution >= 0.6 is 23.4 Å². The number of thioether (sulfide) groups is 1. The zero-order valence-corrected chi connectivity index (χ0v) is 14.3. The molecule has 0 bridgehead atoms. The van der Waals surface area contributed by atoms with Gasteiger partial charge >= 0.3 is 0 Å². The van der Waals surface area contributed by atoms with Gasteiger partial charge in [0.1, 0.15) is 0 Å². The summed E-state index contributed by atoms with van der Waals surface area (Å²) in [5.74, 6) is 0.530. The largest absolute Gasteiger partial charge is 0.279 e. The normalized spacial score (nSPS) is 14.3. The zero-order chi connectivity index (χ0) is 17.4. The lowest BCUT2D eigenvalue weighted by Crippen LogP contribution is -2.34. The smallest absolute Gasteiger partial charge is 0.267 e. The Kier molecular flexibility index (Phi) is 4.03. The number of benzene rings is 2. The fourth-order valence-corrected chi connectivity index (χ4v) is 3.49. The second-order valence-electron chi connectivity index (χ2n) is 5.35. The van der Waals surface area contributed by atoms with Crippen LogP contribution in [0.25, 0.3) is 10.8 Å². The zero-order valence-electron chi connectivity index (χ0n) is 12.8. The van der Waals surface area contributed by atoms with Crippen LogP contribution < -0.4 is 11.1 Å². The number of fused-ring (bicyclic) bond motifs is 1. The van der Waals surface area contributed by atoms with Crippen LogP contribution in [0.1, 0.15) is 5.56 Å². The molecule has 6 nitrogen and oxygen atoms in total. The van der Waals surface area contributed by atoms with Gasteiger partial charge in [-0.25, -0.2) is 0 Å². The maximum absolute atomic E-state index is 12.6. The maximum Gasteiger partial charge on any atom is 0.279 e. The molecule has 124 valence electrons. The van der Waals surface area contributed by atoms with Gasteiger partial charge in [-0.2, -0.15) is 9.78 Å². The van der Waals surface area contributed by atoms with Crippen LogP contribution in [0.3, 0.4) is 0 Å². The average molecular weight is 371 g/mol. The molecule has 1 N–H and O–H groups in total. The van der Waals surface area contributed by atoms with Gasteiger partial charge < -0.3 is 0 Å². The Hall–Kier alpha value is -2.64. The van der Waals surface area contributed by atoms with Gasteiger partial charge in [-0.05, 0) is 29.8 Å². The molecule has 0 aliphatic carbocycles. The number of halogens is 1. The summed E-state index contributed by atoms with van der Waals surface area (Å²) in [6.45, 7) is 0. The topological polar surface area (TPSA) is 79.6 Å². The Bertz CT molecular complexity index is 1150. The molecule has 0 atom stereocenters. The molecule has 1 aliphatic heterocycles. The second-order valence-corrected chi connectivity index (χ2v) is 6.73. The van der Waals surface area contributed by atoms with E-state index in [-0.39, 0.29) is 11.1 Å². The summed E-state index contributed by atoms with van der Waals surface area (Å²) in [7, 11) is 0. The molecule has 0 fully saturated rings. The number of hydrogen-bond acceptors (Lipinski definition) is 5. The summed E-state index contributed by atoms with van der Waals surface area (Å²) in [4.78, 5) is 24.8. The van der Waals surface area contributed by atoms with E-state index in [1.165, 1.54) is 11.8 Å². The molecule has 2 aromatic carbocycles. The summed E-state index contributed by atoms with van der Waals surface area (Å²) >= 11 is 7.22. The molecule has 3 aromatic rings. The van der Waals surface area contributed by atoms with Gasteiger partial charge in [-0.3, -0.25) is 14.7 Å². The first-order valence-corrected chi connectivity index (χ1v) is 8.77. The van der Waals surface area contributed by atoms with Crippen LogP contribution in [0, 0.1) is 0 Å². The van der Waals surface area contributed by atoms with Crippen LogP contribution in [0.5, 0.6) is 0 Å². The average Bonchev–Trinajstić information content (AvgIpc) is 2.66. The van der Waals surface area contributed by atoms with E-state index in [0.29, 0.717) is 26.7 Å². The molecular weight excluding hydrogens is 360 g/mol. The van der Waals surface area contributed by atoms with Crippen LogP contribution in [0.2, 0.25) is 5.02 Å². The molecule has 4 rings (SSSR count). The number of nitrogens with one attached hydrogen (secondary N) is 1. The molecule has 0 saturated heterocycles. The van der Waals surface area contributed by atoms with Crippen LogP contribution in [0.4, 0.5) is 0 Å². The molecule has 0 amide bonds. The highest BCUT2D eigenvalue weighted by atomic mass is 35.5.